The van der Waals surface area contributed by atoms with E-state index in [0.717, 1.165) is 0 Å². The molecular weight excluding hydrogens is 247 g/mol. The van der Waals surface area contributed by atoms with Crippen LogP contribution in [-0.2, 0) is 14.3 Å². The molecule has 1 aliphatic heterocycles. The molecule has 10 heavy (non-hydrogen) atoms. The molecule has 56 valence electrons. The Labute approximate surface area is 72.5 Å². The Morgan fingerprint density at radius 1 is 1.90 bits per heavy atom. The van der Waals surface area contributed by atoms with Gasteiger partial charge in [-0.2, -0.15) is 0 Å². The number of epoxide rings is 1. The number of rotatable bonds is 3. The van der Waals surface area contributed by atoms with Gasteiger partial charge in [-0.15, -0.1) is 0 Å². The summed E-state index contributed by atoms with van der Waals surface area (Å²) in [7, 11) is 0. The molecule has 1 fully saturated rings. The van der Waals surface area contributed by atoms with Gasteiger partial charge in [-0.05, 0) is 22.6 Å². The van der Waals surface area contributed by atoms with Crippen LogP contribution >= 0.6 is 22.6 Å². The summed E-state index contributed by atoms with van der Waals surface area (Å²) < 4.78 is 9.99. The van der Waals surface area contributed by atoms with Gasteiger partial charge in [0, 0.05) is 0 Å². The third-order valence-corrected chi connectivity index (χ3v) is 1.46. The average Bonchev–Trinajstić information content (AvgIpc) is 2.64. The van der Waals surface area contributed by atoms with Gasteiger partial charge in [0.15, 0.2) is 0 Å². The monoisotopic (exact) mass is 254 g/mol. The molecule has 4 heteroatoms. The van der Waals surface area contributed by atoms with Crippen LogP contribution in [0.2, 0.25) is 0 Å². The van der Waals surface area contributed by atoms with E-state index in [1.165, 1.54) is 0 Å². The van der Waals surface area contributed by atoms with E-state index in [-0.39, 0.29) is 12.1 Å². The first-order valence-electron chi connectivity index (χ1n) is 2.83. The van der Waals surface area contributed by atoms with Gasteiger partial charge in [0.2, 0.25) is 0 Å². The number of carbonyl (C=O) groups excluding carboxylic acids is 1. The minimum atomic E-state index is -0.351. The highest BCUT2D eigenvalue weighted by atomic mass is 127. The Hall–Kier alpha value is -0.100. The summed E-state index contributed by atoms with van der Waals surface area (Å²) in [6.45, 7) is 4.50. The molecule has 1 heterocycles. The van der Waals surface area contributed by atoms with Gasteiger partial charge in [0.25, 0.3) is 0 Å². The van der Waals surface area contributed by atoms with Gasteiger partial charge in [-0.1, -0.05) is 6.58 Å². The molecule has 1 saturated heterocycles. The van der Waals surface area contributed by atoms with Gasteiger partial charge in [0.05, 0.1) is 10.2 Å². The molecule has 0 radical (unpaired) electrons. The maximum Gasteiger partial charge on any atom is 0.343 e. The molecule has 0 N–H and O–H groups in total. The van der Waals surface area contributed by atoms with Crippen LogP contribution in [0.5, 0.6) is 0 Å². The zero-order chi connectivity index (χ0) is 7.56. The Morgan fingerprint density at radius 2 is 2.50 bits per heavy atom. The van der Waals surface area contributed by atoms with Gasteiger partial charge in [-0.3, -0.25) is 0 Å². The summed E-state index contributed by atoms with van der Waals surface area (Å²) in [4.78, 5) is 10.7. The number of esters is 1. The normalized spacial score (nSPS) is 21.9. The molecule has 1 rings (SSSR count). The van der Waals surface area contributed by atoms with Crippen molar-refractivity contribution in [1.29, 1.82) is 0 Å². The second-order valence-electron chi connectivity index (χ2n) is 1.96. The lowest BCUT2D eigenvalue weighted by atomic mass is 10.5. The fourth-order valence-corrected chi connectivity index (χ4v) is 0.567. The first-order valence-corrected chi connectivity index (χ1v) is 3.91. The number of halogens is 1. The fourth-order valence-electron chi connectivity index (χ4n) is 0.411. The lowest BCUT2D eigenvalue weighted by molar-refractivity contribution is -0.138. The highest BCUT2D eigenvalue weighted by Crippen LogP contribution is 2.11. The predicted molar refractivity (Wildman–Crippen MR) is 43.9 cm³/mol. The number of ether oxygens (including phenoxy) is 2. The molecule has 3 nitrogen and oxygen atoms in total. The van der Waals surface area contributed by atoms with E-state index in [9.17, 15) is 4.79 Å². The summed E-state index contributed by atoms with van der Waals surface area (Å²) in [6, 6.07) is 0. The van der Waals surface area contributed by atoms with Crippen molar-refractivity contribution in [2.75, 3.05) is 13.2 Å². The van der Waals surface area contributed by atoms with Crippen molar-refractivity contribution in [3.63, 3.8) is 0 Å². The lowest BCUT2D eigenvalue weighted by Crippen LogP contribution is -2.08. The standard InChI is InChI=1S/C6H7IO3/c1-4(7)6(8)10-3-5-2-9-5/h5H,1-3H2. The second kappa shape index (κ2) is 3.34. The van der Waals surface area contributed by atoms with Crippen LogP contribution in [0.3, 0.4) is 0 Å². The number of hydrogen-bond donors (Lipinski definition) is 0. The van der Waals surface area contributed by atoms with Gasteiger partial charge < -0.3 is 9.47 Å². The van der Waals surface area contributed by atoms with E-state index < -0.39 is 0 Å². The summed E-state index contributed by atoms with van der Waals surface area (Å²) in [5.41, 5.74) is 0. The molecular formula is C6H7IO3. The molecule has 1 atom stereocenters. The summed E-state index contributed by atoms with van der Waals surface area (Å²) in [5, 5.41) is 0. The Bertz CT molecular complexity index is 162. The zero-order valence-corrected chi connectivity index (χ0v) is 7.46. The van der Waals surface area contributed by atoms with Crippen molar-refractivity contribution in [2.24, 2.45) is 0 Å². The average molecular weight is 254 g/mol. The largest absolute Gasteiger partial charge is 0.459 e. The SMILES string of the molecule is C=C(I)C(=O)OCC1CO1. The van der Waals surface area contributed by atoms with Crippen LogP contribution in [-0.4, -0.2) is 25.3 Å². The van der Waals surface area contributed by atoms with Crippen LogP contribution in [0.4, 0.5) is 0 Å². The Morgan fingerprint density at radius 3 is 2.90 bits per heavy atom. The third-order valence-electron chi connectivity index (χ3n) is 1.02. The Kier molecular flexibility index (Phi) is 2.67. The quantitative estimate of drug-likeness (QED) is 0.325. The predicted octanol–water partition coefficient (Wildman–Crippen LogP) is 0.877. The van der Waals surface area contributed by atoms with E-state index in [0.29, 0.717) is 16.8 Å². The van der Waals surface area contributed by atoms with Crippen molar-refractivity contribution in [3.8, 4) is 0 Å². The maximum atomic E-state index is 10.7. The first kappa shape index (κ1) is 8.00. The zero-order valence-electron chi connectivity index (χ0n) is 5.30. The number of carbonyl (C=O) groups is 1. The molecule has 0 aliphatic carbocycles. The summed E-state index contributed by atoms with van der Waals surface area (Å²) in [6.07, 6.45) is 0.139. The van der Waals surface area contributed by atoms with Crippen molar-refractivity contribution in [2.45, 2.75) is 6.10 Å². The van der Waals surface area contributed by atoms with Crippen LogP contribution in [0.1, 0.15) is 0 Å². The Balaban J connectivity index is 2.11. The fraction of sp³-hybridized carbons (Fsp3) is 0.500. The summed E-state index contributed by atoms with van der Waals surface area (Å²) >= 11 is 1.83. The van der Waals surface area contributed by atoms with Crippen LogP contribution < -0.4 is 0 Å². The van der Waals surface area contributed by atoms with E-state index in [2.05, 4.69) is 6.58 Å². The second-order valence-corrected chi connectivity index (χ2v) is 3.26. The van der Waals surface area contributed by atoms with E-state index in [1.807, 2.05) is 22.6 Å². The molecule has 0 spiro atoms. The third kappa shape index (κ3) is 2.66. The van der Waals surface area contributed by atoms with Gasteiger partial charge >= 0.3 is 5.97 Å². The molecule has 0 saturated carbocycles. The number of hydrogen-bond acceptors (Lipinski definition) is 3. The van der Waals surface area contributed by atoms with E-state index in [4.69, 9.17) is 9.47 Å². The van der Waals surface area contributed by atoms with Gasteiger partial charge in [0.1, 0.15) is 12.7 Å². The first-order chi connectivity index (χ1) is 4.70. The van der Waals surface area contributed by atoms with E-state index >= 15 is 0 Å². The highest BCUT2D eigenvalue weighted by Gasteiger charge is 2.24. The van der Waals surface area contributed by atoms with Crippen molar-refractivity contribution >= 4 is 28.6 Å². The van der Waals surface area contributed by atoms with Crippen molar-refractivity contribution < 1.29 is 14.3 Å². The lowest BCUT2D eigenvalue weighted by Gasteiger charge is -1.98. The van der Waals surface area contributed by atoms with Crippen molar-refractivity contribution in [1.82, 2.24) is 0 Å². The molecule has 1 unspecified atom stereocenters. The van der Waals surface area contributed by atoms with Gasteiger partial charge in [-0.25, -0.2) is 4.79 Å². The molecule has 0 amide bonds. The van der Waals surface area contributed by atoms with Crippen LogP contribution in [0, 0.1) is 0 Å². The van der Waals surface area contributed by atoms with Crippen LogP contribution in [0.15, 0.2) is 10.2 Å². The summed E-state index contributed by atoms with van der Waals surface area (Å²) in [5.74, 6) is -0.351. The maximum absolute atomic E-state index is 10.7. The van der Waals surface area contributed by atoms with Crippen LogP contribution in [0.25, 0.3) is 0 Å². The molecule has 0 aromatic rings. The van der Waals surface area contributed by atoms with E-state index in [1.54, 1.807) is 0 Å². The molecule has 0 bridgehead atoms. The molecule has 0 aromatic carbocycles. The molecule has 1 aliphatic rings. The van der Waals surface area contributed by atoms with Crippen molar-refractivity contribution in [3.05, 3.63) is 10.2 Å². The smallest absolute Gasteiger partial charge is 0.343 e. The minimum absolute atomic E-state index is 0.139. The molecule has 0 aromatic heterocycles. The minimum Gasteiger partial charge on any atom is -0.459 e. The highest BCUT2D eigenvalue weighted by molar-refractivity contribution is 14.1. The topological polar surface area (TPSA) is 38.8 Å².